The maximum atomic E-state index is 6.98. The SMILES string of the molecule is c1ccc(N(c2ccc(-c3cccc4c3ccc3ccccc34)cc2)c2ccccc2-n2c3ccccc3c3ccccc32)c(-c2cccc3c2oc2c4ccccc4ccc32)c1. The average molecular weight is 803 g/mol. The number of nitrogens with zero attached hydrogens (tertiary/aromatic N) is 2. The normalized spacial score (nSPS) is 11.8. The number of para-hydroxylation sites is 6. The van der Waals surface area contributed by atoms with Crippen LogP contribution in [0, 0.1) is 0 Å². The van der Waals surface area contributed by atoms with Crippen LogP contribution in [0.15, 0.2) is 235 Å². The van der Waals surface area contributed by atoms with E-state index >= 15 is 0 Å². The van der Waals surface area contributed by atoms with E-state index in [1.807, 2.05) is 0 Å². The smallest absolute Gasteiger partial charge is 0.143 e. The Hall–Kier alpha value is -8.40. The highest BCUT2D eigenvalue weighted by atomic mass is 16.3. The van der Waals surface area contributed by atoms with Crippen LogP contribution in [0.1, 0.15) is 0 Å². The summed E-state index contributed by atoms with van der Waals surface area (Å²) in [4.78, 5) is 2.44. The molecule has 0 radical (unpaired) electrons. The van der Waals surface area contributed by atoms with E-state index in [9.17, 15) is 0 Å². The van der Waals surface area contributed by atoms with Gasteiger partial charge in [0.25, 0.3) is 0 Å². The molecule has 13 aromatic rings. The fourth-order valence-corrected chi connectivity index (χ4v) is 10.1. The highest BCUT2D eigenvalue weighted by molar-refractivity contribution is 6.18. The molecule has 0 aliphatic carbocycles. The Bertz CT molecular complexity index is 3870. The minimum atomic E-state index is 0.880. The van der Waals surface area contributed by atoms with Crippen molar-refractivity contribution in [2.45, 2.75) is 0 Å². The highest BCUT2D eigenvalue weighted by Crippen LogP contribution is 2.48. The molecule has 0 spiro atoms. The molecular weight excluding hydrogens is 765 g/mol. The zero-order chi connectivity index (χ0) is 41.4. The minimum Gasteiger partial charge on any atom is -0.455 e. The first-order valence-corrected chi connectivity index (χ1v) is 21.6. The van der Waals surface area contributed by atoms with Gasteiger partial charge in [-0.2, -0.15) is 0 Å². The number of hydrogen-bond donors (Lipinski definition) is 0. The fourth-order valence-electron chi connectivity index (χ4n) is 10.1. The van der Waals surface area contributed by atoms with Gasteiger partial charge in [0, 0.05) is 43.7 Å². The summed E-state index contributed by atoms with van der Waals surface area (Å²) in [5.41, 5.74) is 12.9. The Labute approximate surface area is 363 Å². The van der Waals surface area contributed by atoms with Crippen molar-refractivity contribution < 1.29 is 4.42 Å². The van der Waals surface area contributed by atoms with E-state index < -0.39 is 0 Å². The predicted octanol–water partition coefficient (Wildman–Crippen LogP) is 16.9. The van der Waals surface area contributed by atoms with E-state index in [0.29, 0.717) is 0 Å². The molecule has 11 aromatic carbocycles. The van der Waals surface area contributed by atoms with Crippen molar-refractivity contribution in [1.82, 2.24) is 4.57 Å². The summed E-state index contributed by atoms with van der Waals surface area (Å²) in [6.07, 6.45) is 0. The maximum Gasteiger partial charge on any atom is 0.143 e. The third-order valence-corrected chi connectivity index (χ3v) is 13.0. The monoisotopic (exact) mass is 802 g/mol. The van der Waals surface area contributed by atoms with Gasteiger partial charge in [-0.25, -0.2) is 0 Å². The van der Waals surface area contributed by atoms with Gasteiger partial charge in [-0.3, -0.25) is 0 Å². The maximum absolute atomic E-state index is 6.98. The lowest BCUT2D eigenvalue weighted by Gasteiger charge is -2.30. The first-order chi connectivity index (χ1) is 31.3. The van der Waals surface area contributed by atoms with Gasteiger partial charge < -0.3 is 13.9 Å². The number of fused-ring (bicyclic) bond motifs is 11. The number of anilines is 3. The third-order valence-electron chi connectivity index (χ3n) is 13.0. The molecule has 0 N–H and O–H groups in total. The van der Waals surface area contributed by atoms with E-state index in [1.54, 1.807) is 0 Å². The number of aromatic nitrogens is 1. The molecule has 0 fully saturated rings. The molecular formula is C60H38N2O. The summed E-state index contributed by atoms with van der Waals surface area (Å²) in [7, 11) is 0. The van der Waals surface area contributed by atoms with Gasteiger partial charge in [-0.05, 0) is 86.6 Å². The molecule has 0 saturated carbocycles. The summed E-state index contributed by atoms with van der Waals surface area (Å²) in [5, 5.41) is 12.0. The van der Waals surface area contributed by atoms with Crippen molar-refractivity contribution in [1.29, 1.82) is 0 Å². The molecule has 0 aliphatic heterocycles. The summed E-state index contributed by atoms with van der Waals surface area (Å²) >= 11 is 0. The van der Waals surface area contributed by atoms with E-state index in [0.717, 1.165) is 72.2 Å². The lowest BCUT2D eigenvalue weighted by molar-refractivity contribution is 0.674. The molecule has 2 heterocycles. The quantitative estimate of drug-likeness (QED) is 0.156. The van der Waals surface area contributed by atoms with Gasteiger partial charge in [0.15, 0.2) is 0 Å². The summed E-state index contributed by atoms with van der Waals surface area (Å²) in [6, 6.07) is 83.5. The van der Waals surface area contributed by atoms with Crippen molar-refractivity contribution in [2.75, 3.05) is 4.90 Å². The van der Waals surface area contributed by atoms with Crippen LogP contribution in [0.5, 0.6) is 0 Å². The third kappa shape index (κ3) is 5.46. The molecule has 3 nitrogen and oxygen atoms in total. The first-order valence-electron chi connectivity index (χ1n) is 21.6. The minimum absolute atomic E-state index is 0.880. The Kier molecular flexibility index (Phi) is 7.91. The van der Waals surface area contributed by atoms with Gasteiger partial charge in [0.1, 0.15) is 11.2 Å². The van der Waals surface area contributed by atoms with Gasteiger partial charge in [0.2, 0.25) is 0 Å². The van der Waals surface area contributed by atoms with Crippen LogP contribution in [-0.4, -0.2) is 4.57 Å². The van der Waals surface area contributed by atoms with E-state index in [2.05, 4.69) is 240 Å². The van der Waals surface area contributed by atoms with Crippen LogP contribution in [0.3, 0.4) is 0 Å². The summed E-state index contributed by atoms with van der Waals surface area (Å²) < 4.78 is 9.41. The van der Waals surface area contributed by atoms with Crippen molar-refractivity contribution in [2.24, 2.45) is 0 Å². The second-order valence-corrected chi connectivity index (χ2v) is 16.4. The predicted molar refractivity (Wildman–Crippen MR) is 266 cm³/mol. The molecule has 0 atom stereocenters. The molecule has 3 heteroatoms. The van der Waals surface area contributed by atoms with E-state index in [4.69, 9.17) is 4.42 Å². The summed E-state index contributed by atoms with van der Waals surface area (Å²) in [6.45, 7) is 0. The van der Waals surface area contributed by atoms with Crippen LogP contribution in [0.4, 0.5) is 17.1 Å². The van der Waals surface area contributed by atoms with Gasteiger partial charge in [-0.15, -0.1) is 0 Å². The van der Waals surface area contributed by atoms with Crippen molar-refractivity contribution >= 4 is 93.1 Å². The Balaban J connectivity index is 1.05. The Morgan fingerprint density at radius 1 is 0.302 bits per heavy atom. The molecule has 0 amide bonds. The standard InChI is InChI=1S/C60H38N2O/c1-3-17-43-39(15-1)33-37-47-44(22-13-23-46(43)47)41-31-35-42(36-32-41)61(57-29-11-12-30-58(57)62-55-27-9-5-19-48(55)49-20-6-10-28-56(49)62)54-26-8-7-21-50(54)51-24-14-25-52-53-38-34-40-16-2-4-18-45(40)59(53)63-60(51)52/h1-38H. The zero-order valence-electron chi connectivity index (χ0n) is 34.2. The van der Waals surface area contributed by atoms with Gasteiger partial charge >= 0.3 is 0 Å². The van der Waals surface area contributed by atoms with Crippen LogP contribution < -0.4 is 4.90 Å². The molecule has 0 saturated heterocycles. The molecule has 13 rings (SSSR count). The second-order valence-electron chi connectivity index (χ2n) is 16.4. The van der Waals surface area contributed by atoms with E-state index in [1.165, 1.54) is 48.8 Å². The topological polar surface area (TPSA) is 21.3 Å². The molecule has 0 unspecified atom stereocenters. The number of rotatable bonds is 6. The Morgan fingerprint density at radius 2 is 0.825 bits per heavy atom. The van der Waals surface area contributed by atoms with Crippen LogP contribution >= 0.6 is 0 Å². The van der Waals surface area contributed by atoms with Gasteiger partial charge in [0.05, 0.1) is 28.1 Å². The zero-order valence-corrected chi connectivity index (χ0v) is 34.2. The largest absolute Gasteiger partial charge is 0.455 e. The van der Waals surface area contributed by atoms with Crippen LogP contribution in [0.2, 0.25) is 0 Å². The summed E-state index contributed by atoms with van der Waals surface area (Å²) in [5.74, 6) is 0. The Morgan fingerprint density at radius 3 is 1.59 bits per heavy atom. The molecule has 2 aromatic heterocycles. The van der Waals surface area contributed by atoms with Gasteiger partial charge in [-0.1, -0.05) is 182 Å². The molecule has 0 aliphatic rings. The van der Waals surface area contributed by atoms with Crippen molar-refractivity contribution in [3.05, 3.63) is 231 Å². The number of hydrogen-bond acceptors (Lipinski definition) is 2. The van der Waals surface area contributed by atoms with E-state index in [-0.39, 0.29) is 0 Å². The van der Waals surface area contributed by atoms with Crippen LogP contribution in [-0.2, 0) is 0 Å². The lowest BCUT2D eigenvalue weighted by atomic mass is 9.94. The molecule has 294 valence electrons. The lowest BCUT2D eigenvalue weighted by Crippen LogP contribution is -2.14. The van der Waals surface area contributed by atoms with Crippen molar-refractivity contribution in [3.63, 3.8) is 0 Å². The highest BCUT2D eigenvalue weighted by Gasteiger charge is 2.24. The average Bonchev–Trinajstić information content (AvgIpc) is 3.91. The molecule has 63 heavy (non-hydrogen) atoms. The fraction of sp³-hybridized carbons (Fsp3) is 0. The second kappa shape index (κ2) is 14.1. The van der Waals surface area contributed by atoms with Crippen molar-refractivity contribution in [3.8, 4) is 27.9 Å². The number of benzene rings is 11. The number of furan rings is 1. The molecule has 0 bridgehead atoms. The van der Waals surface area contributed by atoms with Crippen LogP contribution in [0.25, 0.3) is 104 Å². The first kappa shape index (κ1) is 35.4.